The summed E-state index contributed by atoms with van der Waals surface area (Å²) in [4.78, 5) is 62.9. The van der Waals surface area contributed by atoms with Crippen molar-refractivity contribution in [3.63, 3.8) is 0 Å². The highest BCUT2D eigenvalue weighted by Gasteiger charge is 2.76. The van der Waals surface area contributed by atoms with Crippen molar-refractivity contribution >= 4 is 68.7 Å². The molecule has 2 saturated heterocycles. The maximum absolute atomic E-state index is 13.7. The number of imide groups is 2. The van der Waals surface area contributed by atoms with Gasteiger partial charge in [0.2, 0.25) is 11.8 Å². The predicted molar refractivity (Wildman–Crippen MR) is 137 cm³/mol. The third-order valence-corrected chi connectivity index (χ3v) is 10.1. The van der Waals surface area contributed by atoms with Gasteiger partial charge in [-0.15, -0.1) is 23.2 Å². The summed E-state index contributed by atoms with van der Waals surface area (Å²) in [5.74, 6) is -7.14. The Bertz CT molecular complexity index is 1320. The van der Waals surface area contributed by atoms with Gasteiger partial charge in [-0.1, -0.05) is 27.6 Å². The number of aliphatic carboxylic acids is 1. The maximum Gasteiger partial charge on any atom is 0.305 e. The predicted octanol–water partition coefficient (Wildman–Crippen LogP) is 2.59. The number of benzene rings is 1. The molecule has 13 heteroatoms. The molecule has 6 unspecified atom stereocenters. The van der Waals surface area contributed by atoms with Crippen LogP contribution < -0.4 is 4.74 Å². The molecule has 38 heavy (non-hydrogen) atoms. The Morgan fingerprint density at radius 2 is 1.84 bits per heavy atom. The second kappa shape index (κ2) is 9.24. The number of carbonyl (C=O) groups is 5. The third-order valence-electron chi connectivity index (χ3n) is 8.20. The van der Waals surface area contributed by atoms with Gasteiger partial charge in [0.1, 0.15) is 11.5 Å². The van der Waals surface area contributed by atoms with E-state index in [9.17, 15) is 29.1 Å². The molecule has 3 fully saturated rings. The lowest BCUT2D eigenvalue weighted by Gasteiger charge is -2.50. The third kappa shape index (κ3) is 3.47. The van der Waals surface area contributed by atoms with Gasteiger partial charge in [-0.05, 0) is 37.0 Å². The van der Waals surface area contributed by atoms with Crippen LogP contribution in [0.1, 0.15) is 30.7 Å². The molecule has 10 nitrogen and oxygen atoms in total. The number of allylic oxidation sites excluding steroid dienone is 2. The Kier molecular flexibility index (Phi) is 6.55. The Hall–Kier alpha value is -2.63. The molecule has 0 radical (unpaired) electrons. The van der Waals surface area contributed by atoms with Crippen molar-refractivity contribution in [3.05, 3.63) is 35.4 Å². The van der Waals surface area contributed by atoms with Gasteiger partial charge in [0.15, 0.2) is 9.75 Å². The lowest BCUT2D eigenvalue weighted by atomic mass is 9.56. The summed E-state index contributed by atoms with van der Waals surface area (Å²) < 4.78 is 5.33. The molecule has 4 aliphatic rings. The van der Waals surface area contributed by atoms with Crippen LogP contribution >= 0.6 is 39.1 Å². The van der Waals surface area contributed by atoms with Crippen LogP contribution in [0.3, 0.4) is 0 Å². The topological polar surface area (TPSA) is 142 Å². The number of ether oxygens (including phenoxy) is 1. The zero-order chi connectivity index (χ0) is 27.7. The number of halogens is 3. The first-order chi connectivity index (χ1) is 17.9. The number of likely N-dealkylation sites (tertiary alicyclic amines) is 2. The Morgan fingerprint density at radius 3 is 2.47 bits per heavy atom. The standard InChI is InChI=1S/C25H23BrCl2N2O8/c1-38-11-2-5-16(31)14(8-11)19-12-3-4-13-18(21(35)29(20(13)34)7-6-17(32)33)15(12)9-24(27)22(36)30(10-26)23(37)25(19,24)28/h2-3,5,8,13,15,18-19,31H,4,6-7,9-10H2,1H3,(H,32,33). The number of alkyl halides is 3. The molecule has 1 aromatic rings. The van der Waals surface area contributed by atoms with E-state index in [2.05, 4.69) is 15.9 Å². The van der Waals surface area contributed by atoms with E-state index in [-0.39, 0.29) is 36.2 Å². The number of carboxylic acids is 1. The van der Waals surface area contributed by atoms with Crippen molar-refractivity contribution in [2.45, 2.75) is 34.9 Å². The van der Waals surface area contributed by atoms with E-state index in [4.69, 9.17) is 33.0 Å². The fraction of sp³-hybridized carbons (Fsp3) is 0.480. The fourth-order valence-electron chi connectivity index (χ4n) is 6.48. The number of nitrogens with zero attached hydrogens (tertiary/aromatic N) is 2. The molecule has 1 aromatic carbocycles. The largest absolute Gasteiger partial charge is 0.508 e. The van der Waals surface area contributed by atoms with Crippen molar-refractivity contribution in [1.82, 2.24) is 9.80 Å². The summed E-state index contributed by atoms with van der Waals surface area (Å²) in [7, 11) is 1.43. The van der Waals surface area contributed by atoms with Gasteiger partial charge in [-0.2, -0.15) is 0 Å². The lowest BCUT2D eigenvalue weighted by Crippen LogP contribution is -2.60. The van der Waals surface area contributed by atoms with Crippen LogP contribution in [0.25, 0.3) is 0 Å². The molecule has 202 valence electrons. The van der Waals surface area contributed by atoms with E-state index in [1.165, 1.54) is 25.3 Å². The van der Waals surface area contributed by atoms with Gasteiger partial charge in [0.25, 0.3) is 11.8 Å². The molecule has 0 spiro atoms. The van der Waals surface area contributed by atoms with Crippen LogP contribution in [-0.2, 0) is 24.0 Å². The number of amides is 4. The van der Waals surface area contributed by atoms with Crippen LogP contribution in [0.4, 0.5) is 0 Å². The second-order valence-electron chi connectivity index (χ2n) is 9.88. The van der Waals surface area contributed by atoms with Crippen LogP contribution in [0.2, 0.25) is 0 Å². The van der Waals surface area contributed by atoms with Gasteiger partial charge in [-0.25, -0.2) is 0 Å². The molecule has 2 aliphatic carbocycles. The van der Waals surface area contributed by atoms with E-state index in [1.54, 1.807) is 6.08 Å². The highest BCUT2D eigenvalue weighted by Crippen LogP contribution is 2.66. The Morgan fingerprint density at radius 1 is 1.13 bits per heavy atom. The van der Waals surface area contributed by atoms with E-state index < -0.39 is 69.4 Å². The fourth-order valence-corrected chi connectivity index (χ4v) is 7.90. The first kappa shape index (κ1) is 27.0. The summed E-state index contributed by atoms with van der Waals surface area (Å²) in [6.07, 6.45) is 1.26. The van der Waals surface area contributed by atoms with Crippen LogP contribution in [-0.4, -0.2) is 78.5 Å². The molecule has 2 N–H and O–H groups in total. The van der Waals surface area contributed by atoms with E-state index in [1.807, 2.05) is 0 Å². The molecule has 2 heterocycles. The average molecular weight is 630 g/mol. The molecular weight excluding hydrogens is 607 g/mol. The van der Waals surface area contributed by atoms with Crippen molar-refractivity contribution < 1.29 is 38.9 Å². The molecule has 2 aliphatic heterocycles. The van der Waals surface area contributed by atoms with E-state index >= 15 is 0 Å². The van der Waals surface area contributed by atoms with Gasteiger partial charge in [0, 0.05) is 18.0 Å². The summed E-state index contributed by atoms with van der Waals surface area (Å²) >= 11 is 17.4. The number of rotatable bonds is 6. The minimum atomic E-state index is -2.05. The summed E-state index contributed by atoms with van der Waals surface area (Å²) in [6.45, 7) is -0.275. The smallest absolute Gasteiger partial charge is 0.305 e. The zero-order valence-corrected chi connectivity index (χ0v) is 23.1. The monoisotopic (exact) mass is 628 g/mol. The highest BCUT2D eigenvalue weighted by molar-refractivity contribution is 9.09. The molecule has 0 aromatic heterocycles. The molecular formula is C25H23BrCl2N2O8. The second-order valence-corrected chi connectivity index (χ2v) is 11.6. The quantitative estimate of drug-likeness (QED) is 0.212. The number of fused-ring (bicyclic) bond motifs is 4. The molecule has 4 amide bonds. The van der Waals surface area contributed by atoms with Gasteiger partial charge in [0.05, 0.1) is 30.8 Å². The van der Waals surface area contributed by atoms with Crippen LogP contribution in [0.15, 0.2) is 29.8 Å². The molecule has 0 bridgehead atoms. The maximum atomic E-state index is 13.7. The van der Waals surface area contributed by atoms with Gasteiger partial charge in [-0.3, -0.25) is 33.8 Å². The van der Waals surface area contributed by atoms with E-state index in [0.29, 0.717) is 11.3 Å². The number of hydrogen-bond acceptors (Lipinski definition) is 7. The average Bonchev–Trinajstić information content (AvgIpc) is 3.21. The molecule has 6 atom stereocenters. The normalized spacial score (nSPS) is 34.2. The molecule has 5 rings (SSSR count). The number of phenols is 1. The number of phenolic OH excluding ortho intramolecular Hbond substituents is 1. The highest BCUT2D eigenvalue weighted by atomic mass is 79.9. The number of aromatic hydroxyl groups is 1. The SMILES string of the molecule is COc1ccc(O)c(C2C3=CCC4C(=O)N(CCC(=O)O)C(=O)C4C3CC3(Cl)C(=O)N(CBr)C(=O)C23Cl)c1. The Labute approximate surface area is 235 Å². The van der Waals surface area contributed by atoms with Crippen LogP contribution in [0.5, 0.6) is 11.5 Å². The number of methoxy groups -OCH3 is 1. The minimum Gasteiger partial charge on any atom is -0.508 e. The van der Waals surface area contributed by atoms with Crippen molar-refractivity contribution in [1.29, 1.82) is 0 Å². The lowest BCUT2D eigenvalue weighted by molar-refractivity contribution is -0.143. The summed E-state index contributed by atoms with van der Waals surface area (Å²) in [5, 5.41) is 20.0. The number of carbonyl (C=O) groups excluding carboxylic acids is 4. The van der Waals surface area contributed by atoms with Crippen molar-refractivity contribution in [3.8, 4) is 11.5 Å². The number of hydrogen-bond donors (Lipinski definition) is 2. The van der Waals surface area contributed by atoms with Gasteiger partial charge >= 0.3 is 5.97 Å². The first-order valence-corrected chi connectivity index (χ1v) is 13.7. The van der Waals surface area contributed by atoms with Crippen molar-refractivity contribution in [2.24, 2.45) is 17.8 Å². The zero-order valence-electron chi connectivity index (χ0n) is 20.0. The van der Waals surface area contributed by atoms with Crippen molar-refractivity contribution in [2.75, 3.05) is 19.1 Å². The van der Waals surface area contributed by atoms with Gasteiger partial charge < -0.3 is 14.9 Å². The summed E-state index contributed by atoms with van der Waals surface area (Å²) in [6, 6.07) is 4.40. The number of carboxylic acid groups (broad SMARTS) is 1. The first-order valence-electron chi connectivity index (χ1n) is 11.9. The minimum absolute atomic E-state index is 0.137. The van der Waals surface area contributed by atoms with Crippen LogP contribution in [0, 0.1) is 17.8 Å². The Balaban J connectivity index is 1.69. The summed E-state index contributed by atoms with van der Waals surface area (Å²) in [5.41, 5.74) is 0.538. The van der Waals surface area contributed by atoms with E-state index in [0.717, 1.165) is 9.80 Å². The molecule has 1 saturated carbocycles.